The highest BCUT2D eigenvalue weighted by molar-refractivity contribution is 7.11. The summed E-state index contributed by atoms with van der Waals surface area (Å²) in [6.45, 7) is 8.74. The molecule has 18 heavy (non-hydrogen) atoms. The molecule has 0 aromatic carbocycles. The quantitative estimate of drug-likeness (QED) is 0.787. The number of thiazole rings is 1. The van der Waals surface area contributed by atoms with E-state index in [0.717, 1.165) is 0 Å². The van der Waals surface area contributed by atoms with E-state index in [9.17, 15) is 0 Å². The van der Waals surface area contributed by atoms with E-state index in [-0.39, 0.29) is 0 Å². The first-order chi connectivity index (χ1) is 8.58. The van der Waals surface area contributed by atoms with E-state index in [4.69, 9.17) is 4.74 Å². The van der Waals surface area contributed by atoms with Crippen molar-refractivity contribution in [2.45, 2.75) is 77.4 Å². The zero-order valence-electron chi connectivity index (χ0n) is 12.0. The van der Waals surface area contributed by atoms with Crippen molar-refractivity contribution < 1.29 is 4.74 Å². The first-order valence-corrected chi connectivity index (χ1v) is 8.00. The fourth-order valence-corrected chi connectivity index (χ4v) is 3.74. The van der Waals surface area contributed by atoms with Gasteiger partial charge in [0.15, 0.2) is 0 Å². The molecule has 1 aromatic heterocycles. The van der Waals surface area contributed by atoms with Crippen LogP contribution in [0.3, 0.4) is 0 Å². The van der Waals surface area contributed by atoms with E-state index < -0.39 is 0 Å². The summed E-state index contributed by atoms with van der Waals surface area (Å²) in [4.78, 5) is 6.06. The molecule has 0 spiro atoms. The maximum atomic E-state index is 6.09. The van der Waals surface area contributed by atoms with Crippen LogP contribution < -0.4 is 0 Å². The van der Waals surface area contributed by atoms with Crippen LogP contribution in [-0.2, 0) is 4.74 Å². The number of hydrogen-bond donors (Lipinski definition) is 0. The molecule has 1 fully saturated rings. The van der Waals surface area contributed by atoms with E-state index in [1.807, 2.05) is 11.3 Å². The third kappa shape index (κ3) is 3.33. The van der Waals surface area contributed by atoms with E-state index in [2.05, 4.69) is 38.9 Å². The molecular weight excluding hydrogens is 242 g/mol. The second-order valence-electron chi connectivity index (χ2n) is 5.87. The van der Waals surface area contributed by atoms with E-state index in [1.54, 1.807) is 0 Å². The van der Waals surface area contributed by atoms with Crippen molar-refractivity contribution in [2.75, 3.05) is 0 Å². The maximum Gasteiger partial charge on any atom is 0.0984 e. The van der Waals surface area contributed by atoms with Gasteiger partial charge < -0.3 is 4.74 Å². The fraction of sp³-hybridized carbons (Fsp3) is 0.800. The van der Waals surface area contributed by atoms with E-state index in [1.165, 1.54) is 35.6 Å². The van der Waals surface area contributed by atoms with Crippen LogP contribution in [0, 0.1) is 0 Å². The van der Waals surface area contributed by atoms with Crippen LogP contribution in [0.4, 0.5) is 0 Å². The normalized spacial score (nSPS) is 25.0. The van der Waals surface area contributed by atoms with Crippen LogP contribution in [-0.4, -0.2) is 17.2 Å². The predicted octanol–water partition coefficient (Wildman–Crippen LogP) is 4.72. The Hall–Kier alpha value is -0.410. The van der Waals surface area contributed by atoms with Gasteiger partial charge in [0, 0.05) is 17.0 Å². The molecule has 1 saturated carbocycles. The molecule has 1 aromatic rings. The van der Waals surface area contributed by atoms with Crippen molar-refractivity contribution in [1.82, 2.24) is 4.98 Å². The minimum Gasteiger partial charge on any atom is -0.375 e. The Morgan fingerprint density at radius 2 is 1.94 bits per heavy atom. The molecule has 0 radical (unpaired) electrons. The standard InChI is InChI=1S/C15H25NOS/c1-10(2)14-9-16-15(18-14)12-7-5-6-8-13(12)17-11(3)4/h9-13H,5-8H2,1-4H3. The van der Waals surface area contributed by atoms with Gasteiger partial charge in [-0.2, -0.15) is 0 Å². The Morgan fingerprint density at radius 3 is 2.56 bits per heavy atom. The van der Waals surface area contributed by atoms with Crippen LogP contribution in [0.25, 0.3) is 0 Å². The summed E-state index contributed by atoms with van der Waals surface area (Å²) in [6, 6.07) is 0. The average Bonchev–Trinajstić information content (AvgIpc) is 2.78. The van der Waals surface area contributed by atoms with Crippen LogP contribution in [0.15, 0.2) is 6.20 Å². The van der Waals surface area contributed by atoms with Gasteiger partial charge in [-0.25, -0.2) is 4.98 Å². The molecule has 2 atom stereocenters. The molecule has 3 heteroatoms. The lowest BCUT2D eigenvalue weighted by molar-refractivity contribution is -0.0247. The Morgan fingerprint density at radius 1 is 1.22 bits per heavy atom. The van der Waals surface area contributed by atoms with Gasteiger partial charge in [0.05, 0.1) is 17.2 Å². The molecule has 2 nitrogen and oxygen atoms in total. The molecular formula is C15H25NOS. The Kier molecular flexibility index (Phi) is 4.79. The molecule has 0 N–H and O–H groups in total. The number of ether oxygens (including phenoxy) is 1. The van der Waals surface area contributed by atoms with Gasteiger partial charge in [-0.3, -0.25) is 0 Å². The summed E-state index contributed by atoms with van der Waals surface area (Å²) in [5.74, 6) is 1.11. The highest BCUT2D eigenvalue weighted by atomic mass is 32.1. The van der Waals surface area contributed by atoms with Crippen molar-refractivity contribution in [3.8, 4) is 0 Å². The van der Waals surface area contributed by atoms with Gasteiger partial charge >= 0.3 is 0 Å². The van der Waals surface area contributed by atoms with Gasteiger partial charge in [0.2, 0.25) is 0 Å². The highest BCUT2D eigenvalue weighted by Gasteiger charge is 2.30. The smallest absolute Gasteiger partial charge is 0.0984 e. The number of aromatic nitrogens is 1. The average molecular weight is 267 g/mol. The summed E-state index contributed by atoms with van der Waals surface area (Å²) in [5, 5.41) is 1.30. The van der Waals surface area contributed by atoms with Crippen molar-refractivity contribution in [3.05, 3.63) is 16.1 Å². The van der Waals surface area contributed by atoms with Gasteiger partial charge in [0.1, 0.15) is 0 Å². The minimum atomic E-state index is 0.320. The van der Waals surface area contributed by atoms with Crippen LogP contribution >= 0.6 is 11.3 Å². The Labute approximate surface area is 115 Å². The molecule has 0 aliphatic heterocycles. The largest absolute Gasteiger partial charge is 0.375 e. The Balaban J connectivity index is 2.11. The monoisotopic (exact) mass is 267 g/mol. The molecule has 1 aliphatic carbocycles. The zero-order valence-corrected chi connectivity index (χ0v) is 12.8. The van der Waals surface area contributed by atoms with Crippen LogP contribution in [0.5, 0.6) is 0 Å². The Bertz CT molecular complexity index is 372. The fourth-order valence-electron chi connectivity index (χ4n) is 2.63. The highest BCUT2D eigenvalue weighted by Crippen LogP contribution is 2.38. The molecule has 102 valence electrons. The van der Waals surface area contributed by atoms with Crippen molar-refractivity contribution >= 4 is 11.3 Å². The third-order valence-corrected chi connectivity index (χ3v) is 5.01. The molecule has 0 amide bonds. The first kappa shape index (κ1) is 14.0. The third-order valence-electron chi connectivity index (χ3n) is 3.58. The molecule has 1 heterocycles. The molecule has 1 aliphatic rings. The molecule has 2 rings (SSSR count). The summed E-state index contributed by atoms with van der Waals surface area (Å²) >= 11 is 1.89. The van der Waals surface area contributed by atoms with Gasteiger partial charge in [0.25, 0.3) is 0 Å². The van der Waals surface area contributed by atoms with E-state index in [0.29, 0.717) is 24.0 Å². The van der Waals surface area contributed by atoms with Crippen molar-refractivity contribution in [1.29, 1.82) is 0 Å². The topological polar surface area (TPSA) is 22.1 Å². The van der Waals surface area contributed by atoms with Crippen LogP contribution in [0.1, 0.15) is 75.1 Å². The molecule has 0 bridgehead atoms. The predicted molar refractivity (Wildman–Crippen MR) is 77.4 cm³/mol. The lowest BCUT2D eigenvalue weighted by atomic mass is 9.86. The van der Waals surface area contributed by atoms with Gasteiger partial charge in [-0.1, -0.05) is 26.7 Å². The molecule has 0 saturated heterocycles. The lowest BCUT2D eigenvalue weighted by Crippen LogP contribution is -2.28. The van der Waals surface area contributed by atoms with E-state index >= 15 is 0 Å². The number of hydrogen-bond acceptors (Lipinski definition) is 3. The first-order valence-electron chi connectivity index (χ1n) is 7.19. The summed E-state index contributed by atoms with van der Waals surface area (Å²) < 4.78 is 6.09. The number of nitrogens with zero attached hydrogens (tertiary/aromatic N) is 1. The minimum absolute atomic E-state index is 0.320. The van der Waals surface area contributed by atoms with Crippen molar-refractivity contribution in [2.24, 2.45) is 0 Å². The van der Waals surface area contributed by atoms with Crippen LogP contribution in [0.2, 0.25) is 0 Å². The van der Waals surface area contributed by atoms with Crippen molar-refractivity contribution in [3.63, 3.8) is 0 Å². The summed E-state index contributed by atoms with van der Waals surface area (Å²) in [5.41, 5.74) is 0. The molecule has 2 unspecified atom stereocenters. The summed E-state index contributed by atoms with van der Waals surface area (Å²) in [7, 11) is 0. The SMILES string of the molecule is CC(C)OC1CCCCC1c1ncc(C(C)C)s1. The second kappa shape index (κ2) is 6.16. The van der Waals surface area contributed by atoms with Gasteiger partial charge in [-0.05, 0) is 32.6 Å². The second-order valence-corrected chi connectivity index (χ2v) is 6.96. The number of rotatable bonds is 4. The maximum absolute atomic E-state index is 6.09. The van der Waals surface area contributed by atoms with Gasteiger partial charge in [-0.15, -0.1) is 11.3 Å². The lowest BCUT2D eigenvalue weighted by Gasteiger charge is -2.31. The zero-order chi connectivity index (χ0) is 13.1. The summed E-state index contributed by atoms with van der Waals surface area (Å²) in [6.07, 6.45) is 7.81.